The van der Waals surface area contributed by atoms with Crippen molar-refractivity contribution in [3.05, 3.63) is 40.4 Å². The number of nitro groups is 1. The minimum absolute atomic E-state index is 0.286. The fourth-order valence-electron chi connectivity index (χ4n) is 1.87. The molecule has 0 aromatic heterocycles. The van der Waals surface area contributed by atoms with Crippen LogP contribution in [0.4, 0.5) is 0 Å². The van der Waals surface area contributed by atoms with Crippen molar-refractivity contribution in [3.63, 3.8) is 0 Å². The van der Waals surface area contributed by atoms with Crippen molar-refractivity contribution < 1.29 is 13.3 Å². The van der Waals surface area contributed by atoms with Gasteiger partial charge in [0.1, 0.15) is 0 Å². The van der Waals surface area contributed by atoms with Gasteiger partial charge in [0.15, 0.2) is 0 Å². The second-order valence-corrected chi connectivity index (χ2v) is 16.1. The average molecular weight is 383 g/mol. The molecule has 2 rings (SSSR count). The third kappa shape index (κ3) is 2.82. The standard InChI is InChI=1S/C11H14INO4S/c14-13(15)10-5-4-8-12(9-10)18(16,17)11-6-2-1-3-7-11/h1-3,6-7,10H,4-5,8-9H2. The van der Waals surface area contributed by atoms with Gasteiger partial charge >= 0.3 is 112 Å². The quantitative estimate of drug-likeness (QED) is 0.264. The molecule has 1 atom stereocenters. The second-order valence-electron chi connectivity index (χ2n) is 4.08. The van der Waals surface area contributed by atoms with Crippen molar-refractivity contribution in [1.82, 2.24) is 0 Å². The molecule has 1 aliphatic heterocycles. The van der Waals surface area contributed by atoms with E-state index in [4.69, 9.17) is 0 Å². The zero-order chi connectivity index (χ0) is 13.2. The Labute approximate surface area is 111 Å². The maximum absolute atomic E-state index is 12.4. The van der Waals surface area contributed by atoms with Crippen LogP contribution in [0, 0.1) is 10.1 Å². The number of benzene rings is 1. The van der Waals surface area contributed by atoms with E-state index in [9.17, 15) is 18.5 Å². The fraction of sp³-hybridized carbons (Fsp3) is 0.455. The van der Waals surface area contributed by atoms with Crippen LogP contribution in [-0.4, -0.2) is 28.2 Å². The van der Waals surface area contributed by atoms with E-state index in [2.05, 4.69) is 0 Å². The van der Waals surface area contributed by atoms with Crippen LogP contribution in [0.1, 0.15) is 12.8 Å². The first-order valence-electron chi connectivity index (χ1n) is 5.58. The molecule has 1 aromatic rings. The van der Waals surface area contributed by atoms with E-state index < -0.39 is 31.5 Å². The van der Waals surface area contributed by atoms with Crippen LogP contribution in [0.5, 0.6) is 0 Å². The summed E-state index contributed by atoms with van der Waals surface area (Å²) in [5.41, 5.74) is 0. The summed E-state index contributed by atoms with van der Waals surface area (Å²) in [6, 6.07) is 7.67. The molecular weight excluding hydrogens is 369 g/mol. The Bertz CT molecular complexity index is 531. The second kappa shape index (κ2) is 5.52. The summed E-state index contributed by atoms with van der Waals surface area (Å²) in [7, 11) is -3.28. The Morgan fingerprint density at radius 3 is 2.56 bits per heavy atom. The molecule has 1 saturated heterocycles. The Morgan fingerprint density at radius 1 is 1.28 bits per heavy atom. The molecule has 1 fully saturated rings. The van der Waals surface area contributed by atoms with Crippen LogP contribution in [0.25, 0.3) is 0 Å². The number of nitrogens with zero attached hydrogens (tertiary/aromatic N) is 1. The molecular formula is C11H14INO4S. The minimum atomic E-state index is -3.28. The van der Waals surface area contributed by atoms with Gasteiger partial charge in [0, 0.05) is 0 Å². The van der Waals surface area contributed by atoms with Crippen LogP contribution in [0.3, 0.4) is 0 Å². The van der Waals surface area contributed by atoms with Crippen LogP contribution in [0.2, 0.25) is 0 Å². The maximum atomic E-state index is 12.4. The monoisotopic (exact) mass is 383 g/mol. The van der Waals surface area contributed by atoms with E-state index in [-0.39, 0.29) is 9.35 Å². The third-order valence-corrected chi connectivity index (χ3v) is 16.5. The Kier molecular flexibility index (Phi) is 4.21. The van der Waals surface area contributed by atoms with Gasteiger partial charge in [0.2, 0.25) is 0 Å². The Hall–Kier alpha value is -0.700. The molecule has 0 bridgehead atoms. The number of halogens is 1. The van der Waals surface area contributed by atoms with E-state index >= 15 is 0 Å². The van der Waals surface area contributed by atoms with E-state index in [0.29, 0.717) is 22.2 Å². The summed E-state index contributed by atoms with van der Waals surface area (Å²) < 4.78 is 25.8. The average Bonchev–Trinajstić information content (AvgIpc) is 2.40. The van der Waals surface area contributed by atoms with Crippen molar-refractivity contribution in [2.75, 3.05) is 8.86 Å². The van der Waals surface area contributed by atoms with Crippen molar-refractivity contribution in [1.29, 1.82) is 0 Å². The van der Waals surface area contributed by atoms with Gasteiger partial charge in [0.25, 0.3) is 0 Å². The number of hydrogen-bond acceptors (Lipinski definition) is 4. The van der Waals surface area contributed by atoms with E-state index in [0.717, 1.165) is 0 Å². The zero-order valence-electron chi connectivity index (χ0n) is 9.66. The molecule has 1 heterocycles. The molecule has 1 unspecified atom stereocenters. The topological polar surface area (TPSA) is 77.3 Å². The van der Waals surface area contributed by atoms with Gasteiger partial charge in [-0.2, -0.15) is 0 Å². The van der Waals surface area contributed by atoms with E-state index in [1.807, 2.05) is 0 Å². The molecule has 0 spiro atoms. The van der Waals surface area contributed by atoms with Crippen molar-refractivity contribution in [2.24, 2.45) is 0 Å². The summed E-state index contributed by atoms with van der Waals surface area (Å²) in [6.45, 7) is 0. The molecule has 1 aliphatic rings. The first-order chi connectivity index (χ1) is 8.51. The van der Waals surface area contributed by atoms with Crippen molar-refractivity contribution in [2.45, 2.75) is 23.8 Å². The summed E-state index contributed by atoms with van der Waals surface area (Å²) in [6.07, 6.45) is 1.19. The molecule has 0 N–H and O–H groups in total. The van der Waals surface area contributed by atoms with Gasteiger partial charge in [-0.3, -0.25) is 0 Å². The predicted octanol–water partition coefficient (Wildman–Crippen LogP) is 2.32. The van der Waals surface area contributed by atoms with E-state index in [1.54, 1.807) is 30.3 Å². The van der Waals surface area contributed by atoms with Gasteiger partial charge in [-0.05, 0) is 0 Å². The molecule has 0 aliphatic carbocycles. The molecule has 18 heavy (non-hydrogen) atoms. The zero-order valence-corrected chi connectivity index (χ0v) is 12.6. The first kappa shape index (κ1) is 13.7. The summed E-state index contributed by atoms with van der Waals surface area (Å²) in [5.74, 6) is 0. The predicted molar refractivity (Wildman–Crippen MR) is 77.4 cm³/mol. The molecule has 0 saturated carbocycles. The van der Waals surface area contributed by atoms with Crippen molar-refractivity contribution >= 4 is 25.4 Å². The van der Waals surface area contributed by atoms with Gasteiger partial charge in [-0.1, -0.05) is 0 Å². The summed E-state index contributed by atoms with van der Waals surface area (Å²) in [5, 5.41) is 10.8. The molecule has 7 heteroatoms. The molecule has 1 aromatic carbocycles. The van der Waals surface area contributed by atoms with Gasteiger partial charge in [0.05, 0.1) is 0 Å². The Balaban J connectivity index is 2.23. The van der Waals surface area contributed by atoms with Gasteiger partial charge in [-0.15, -0.1) is 0 Å². The van der Waals surface area contributed by atoms with Crippen LogP contribution in [0.15, 0.2) is 35.2 Å². The van der Waals surface area contributed by atoms with Crippen LogP contribution in [-0.2, 0) is 7.01 Å². The van der Waals surface area contributed by atoms with Gasteiger partial charge in [-0.25, -0.2) is 0 Å². The summed E-state index contributed by atoms with van der Waals surface area (Å²) in [4.78, 5) is 10.8. The fourth-order valence-corrected chi connectivity index (χ4v) is 14.5. The summed E-state index contributed by atoms with van der Waals surface area (Å²) >= 11 is -2.34. The third-order valence-electron chi connectivity index (χ3n) is 2.84. The van der Waals surface area contributed by atoms with Gasteiger partial charge < -0.3 is 0 Å². The molecule has 0 radical (unpaired) electrons. The molecule has 5 nitrogen and oxygen atoms in total. The first-order valence-corrected chi connectivity index (χ1v) is 12.7. The van der Waals surface area contributed by atoms with Crippen molar-refractivity contribution in [3.8, 4) is 0 Å². The molecule has 0 amide bonds. The van der Waals surface area contributed by atoms with Crippen LogP contribution >= 0.6 is 18.4 Å². The Morgan fingerprint density at radius 2 is 1.94 bits per heavy atom. The molecule has 100 valence electrons. The number of hydrogen-bond donors (Lipinski definition) is 0. The number of alkyl halides is 2. The number of rotatable bonds is 3. The normalized spacial score (nSPS) is 22.7. The van der Waals surface area contributed by atoms with Crippen LogP contribution < -0.4 is 0 Å². The van der Waals surface area contributed by atoms with E-state index in [1.165, 1.54) is 0 Å². The SMILES string of the molecule is O=[N+]([O-])C1CCCI(S(=O)(=O)c2ccccc2)C1.